The molecule has 1 rings (SSSR count). The number of hydrogen-bond donors (Lipinski definition) is 0. The fraction of sp³-hybridized carbons (Fsp3) is 0.667. The minimum atomic E-state index is 0.871. The number of rotatable bonds is 0. The molecule has 0 amide bonds. The quantitative estimate of drug-likeness (QED) is 0.468. The Bertz CT molecular complexity index is 164. The van der Waals surface area contributed by atoms with Crippen molar-refractivity contribution in [3.63, 3.8) is 0 Å². The number of hydrogen-bond acceptors (Lipinski definition) is 1. The van der Waals surface area contributed by atoms with E-state index in [1.165, 1.54) is 18.4 Å². The standard InChI is InChI=1S/C9H13N/c1-8-2-4-9(5-3-8)6-7-10/h6,8H,2-5H2,1H3. The van der Waals surface area contributed by atoms with Crippen LogP contribution >= 0.6 is 0 Å². The molecule has 1 fully saturated rings. The summed E-state index contributed by atoms with van der Waals surface area (Å²) in [7, 11) is 0. The van der Waals surface area contributed by atoms with Gasteiger partial charge in [-0.3, -0.25) is 0 Å². The lowest BCUT2D eigenvalue weighted by atomic mass is 9.87. The minimum absolute atomic E-state index is 0.871. The van der Waals surface area contributed by atoms with Crippen LogP contribution in [0.25, 0.3) is 0 Å². The Morgan fingerprint density at radius 3 is 2.60 bits per heavy atom. The Morgan fingerprint density at radius 2 is 2.10 bits per heavy atom. The zero-order chi connectivity index (χ0) is 7.40. The van der Waals surface area contributed by atoms with Crippen LogP contribution in [0.15, 0.2) is 11.6 Å². The van der Waals surface area contributed by atoms with Crippen molar-refractivity contribution in [2.24, 2.45) is 5.92 Å². The third-order valence-corrected chi connectivity index (χ3v) is 2.19. The molecule has 0 unspecified atom stereocenters. The smallest absolute Gasteiger partial charge is 0.0911 e. The predicted molar refractivity (Wildman–Crippen MR) is 41.3 cm³/mol. The normalized spacial score (nSPS) is 25.6. The molecule has 0 N–H and O–H groups in total. The highest BCUT2D eigenvalue weighted by molar-refractivity contribution is 5.14. The van der Waals surface area contributed by atoms with Crippen molar-refractivity contribution >= 4 is 0 Å². The summed E-state index contributed by atoms with van der Waals surface area (Å²) in [4.78, 5) is 0. The van der Waals surface area contributed by atoms with Crippen LogP contribution in [0, 0.1) is 17.2 Å². The lowest BCUT2D eigenvalue weighted by molar-refractivity contribution is 0.444. The van der Waals surface area contributed by atoms with Gasteiger partial charge in [-0.25, -0.2) is 0 Å². The fourth-order valence-electron chi connectivity index (χ4n) is 1.37. The van der Waals surface area contributed by atoms with Crippen molar-refractivity contribution < 1.29 is 0 Å². The molecule has 1 aliphatic carbocycles. The Balaban J connectivity index is 2.42. The second kappa shape index (κ2) is 3.41. The topological polar surface area (TPSA) is 23.8 Å². The molecule has 1 saturated carbocycles. The summed E-state index contributed by atoms with van der Waals surface area (Å²) in [5.74, 6) is 0.871. The molecule has 0 spiro atoms. The van der Waals surface area contributed by atoms with E-state index in [0.29, 0.717) is 0 Å². The van der Waals surface area contributed by atoms with E-state index in [2.05, 4.69) is 13.0 Å². The van der Waals surface area contributed by atoms with E-state index in [-0.39, 0.29) is 0 Å². The Labute approximate surface area is 62.4 Å². The zero-order valence-corrected chi connectivity index (χ0v) is 6.43. The van der Waals surface area contributed by atoms with E-state index in [1.54, 1.807) is 6.08 Å². The van der Waals surface area contributed by atoms with Gasteiger partial charge in [0.25, 0.3) is 0 Å². The molecule has 0 atom stereocenters. The average molecular weight is 135 g/mol. The van der Waals surface area contributed by atoms with E-state index < -0.39 is 0 Å². The maximum Gasteiger partial charge on any atom is 0.0911 e. The van der Waals surface area contributed by atoms with Crippen molar-refractivity contribution in [1.82, 2.24) is 0 Å². The van der Waals surface area contributed by atoms with Crippen molar-refractivity contribution in [1.29, 1.82) is 5.26 Å². The van der Waals surface area contributed by atoms with Crippen molar-refractivity contribution in [2.45, 2.75) is 32.6 Å². The van der Waals surface area contributed by atoms with Gasteiger partial charge in [0.1, 0.15) is 0 Å². The molecule has 1 aliphatic rings. The Kier molecular flexibility index (Phi) is 2.50. The van der Waals surface area contributed by atoms with E-state index in [0.717, 1.165) is 18.8 Å². The second-order valence-electron chi connectivity index (χ2n) is 3.11. The van der Waals surface area contributed by atoms with Gasteiger partial charge in [0.05, 0.1) is 6.07 Å². The Hall–Kier alpha value is -0.770. The van der Waals surface area contributed by atoms with E-state index in [9.17, 15) is 0 Å². The highest BCUT2D eigenvalue weighted by Crippen LogP contribution is 2.26. The van der Waals surface area contributed by atoms with Crippen molar-refractivity contribution in [2.75, 3.05) is 0 Å². The number of nitrogens with zero attached hydrogens (tertiary/aromatic N) is 1. The summed E-state index contributed by atoms with van der Waals surface area (Å²) in [6, 6.07) is 2.09. The Morgan fingerprint density at radius 1 is 1.50 bits per heavy atom. The van der Waals surface area contributed by atoms with Gasteiger partial charge in [-0.05, 0) is 31.6 Å². The van der Waals surface area contributed by atoms with Crippen LogP contribution in [0.2, 0.25) is 0 Å². The van der Waals surface area contributed by atoms with Crippen molar-refractivity contribution in [3.05, 3.63) is 11.6 Å². The SMILES string of the molecule is CC1CCC(=CC#N)CC1. The molecule has 0 aromatic rings. The first-order valence-electron chi connectivity index (χ1n) is 3.90. The van der Waals surface area contributed by atoms with Gasteiger partial charge in [0, 0.05) is 6.08 Å². The molecule has 0 aromatic heterocycles. The molecule has 1 nitrogen and oxygen atoms in total. The minimum Gasteiger partial charge on any atom is -0.193 e. The van der Waals surface area contributed by atoms with Crippen LogP contribution < -0.4 is 0 Å². The molecule has 0 radical (unpaired) electrons. The van der Waals surface area contributed by atoms with Gasteiger partial charge in [-0.2, -0.15) is 5.26 Å². The molecule has 54 valence electrons. The highest BCUT2D eigenvalue weighted by atomic mass is 14.2. The molecule has 10 heavy (non-hydrogen) atoms. The number of allylic oxidation sites excluding steroid dienone is 2. The summed E-state index contributed by atoms with van der Waals surface area (Å²) in [6.45, 7) is 2.28. The first kappa shape index (κ1) is 7.34. The van der Waals surface area contributed by atoms with Gasteiger partial charge in [0.15, 0.2) is 0 Å². The zero-order valence-electron chi connectivity index (χ0n) is 6.43. The van der Waals surface area contributed by atoms with Crippen LogP contribution in [0.4, 0.5) is 0 Å². The largest absolute Gasteiger partial charge is 0.193 e. The number of nitriles is 1. The third-order valence-electron chi connectivity index (χ3n) is 2.19. The first-order valence-corrected chi connectivity index (χ1v) is 3.90. The van der Waals surface area contributed by atoms with E-state index in [4.69, 9.17) is 5.26 Å². The lowest BCUT2D eigenvalue weighted by Crippen LogP contribution is -2.03. The predicted octanol–water partition coefficient (Wildman–Crippen LogP) is 2.65. The molecule has 1 heteroatoms. The average Bonchev–Trinajstić information content (AvgIpc) is 1.95. The molecule has 0 aromatic carbocycles. The van der Waals surface area contributed by atoms with E-state index >= 15 is 0 Å². The maximum absolute atomic E-state index is 8.36. The summed E-state index contributed by atoms with van der Waals surface area (Å²) in [5.41, 5.74) is 1.35. The summed E-state index contributed by atoms with van der Waals surface area (Å²) in [6.07, 6.45) is 6.55. The molecule has 0 heterocycles. The lowest BCUT2D eigenvalue weighted by Gasteiger charge is -2.18. The third kappa shape index (κ3) is 1.88. The monoisotopic (exact) mass is 135 g/mol. The summed E-state index contributed by atoms with van der Waals surface area (Å²) < 4.78 is 0. The second-order valence-corrected chi connectivity index (χ2v) is 3.11. The molecular formula is C9H13N. The first-order chi connectivity index (χ1) is 4.83. The highest BCUT2D eigenvalue weighted by Gasteiger charge is 2.11. The van der Waals surface area contributed by atoms with Gasteiger partial charge in [0.2, 0.25) is 0 Å². The van der Waals surface area contributed by atoms with Crippen LogP contribution in [-0.4, -0.2) is 0 Å². The van der Waals surface area contributed by atoms with Gasteiger partial charge >= 0.3 is 0 Å². The van der Waals surface area contributed by atoms with Gasteiger partial charge in [-0.1, -0.05) is 12.5 Å². The van der Waals surface area contributed by atoms with Gasteiger partial charge in [-0.15, -0.1) is 0 Å². The van der Waals surface area contributed by atoms with Crippen molar-refractivity contribution in [3.8, 4) is 6.07 Å². The summed E-state index contributed by atoms with van der Waals surface area (Å²) in [5, 5.41) is 8.36. The van der Waals surface area contributed by atoms with Crippen LogP contribution in [0.3, 0.4) is 0 Å². The van der Waals surface area contributed by atoms with E-state index in [1.807, 2.05) is 0 Å². The fourth-order valence-corrected chi connectivity index (χ4v) is 1.37. The molecule has 0 saturated heterocycles. The van der Waals surface area contributed by atoms with Crippen LogP contribution in [0.1, 0.15) is 32.6 Å². The molecule has 0 bridgehead atoms. The van der Waals surface area contributed by atoms with Crippen LogP contribution in [-0.2, 0) is 0 Å². The molecular weight excluding hydrogens is 122 g/mol. The maximum atomic E-state index is 8.36. The summed E-state index contributed by atoms with van der Waals surface area (Å²) >= 11 is 0. The van der Waals surface area contributed by atoms with Gasteiger partial charge < -0.3 is 0 Å². The van der Waals surface area contributed by atoms with Crippen LogP contribution in [0.5, 0.6) is 0 Å². The molecule has 0 aliphatic heterocycles.